The molecule has 0 saturated carbocycles. The van der Waals surface area contributed by atoms with Crippen molar-refractivity contribution in [1.29, 1.82) is 0 Å². The summed E-state index contributed by atoms with van der Waals surface area (Å²) in [7, 11) is 0. The van der Waals surface area contributed by atoms with Gasteiger partial charge in [0, 0.05) is 6.54 Å². The van der Waals surface area contributed by atoms with Gasteiger partial charge in [0.15, 0.2) is 0 Å². The maximum Gasteiger partial charge on any atom is 0.410 e. The zero-order valence-electron chi connectivity index (χ0n) is 8.44. The summed E-state index contributed by atoms with van der Waals surface area (Å²) in [6.07, 6.45) is 0.503. The van der Waals surface area contributed by atoms with Crippen LogP contribution in [0.2, 0.25) is 0 Å². The van der Waals surface area contributed by atoms with E-state index in [4.69, 9.17) is 14.6 Å². The van der Waals surface area contributed by atoms with Gasteiger partial charge in [0.1, 0.15) is 6.61 Å². The first-order chi connectivity index (χ1) is 6.79. The minimum absolute atomic E-state index is 0.0621. The third-order valence-corrected chi connectivity index (χ3v) is 2.25. The van der Waals surface area contributed by atoms with Crippen molar-refractivity contribution in [2.45, 2.75) is 19.4 Å². The van der Waals surface area contributed by atoms with Gasteiger partial charge in [0.25, 0.3) is 0 Å². The topological polar surface area (TPSA) is 59.0 Å². The van der Waals surface area contributed by atoms with E-state index in [1.807, 2.05) is 6.92 Å². The summed E-state index contributed by atoms with van der Waals surface area (Å²) >= 11 is 0. The molecule has 1 aliphatic rings. The summed E-state index contributed by atoms with van der Waals surface area (Å²) in [6, 6.07) is 0.106. The third-order valence-electron chi connectivity index (χ3n) is 2.25. The molecule has 82 valence electrons. The number of aliphatic hydroxyl groups excluding tert-OH is 1. The van der Waals surface area contributed by atoms with Gasteiger partial charge < -0.3 is 19.5 Å². The Morgan fingerprint density at radius 1 is 1.71 bits per heavy atom. The van der Waals surface area contributed by atoms with E-state index in [9.17, 15) is 4.79 Å². The quantitative estimate of drug-likeness (QED) is 0.713. The maximum atomic E-state index is 11.5. The Bertz CT molecular complexity index is 186. The molecule has 0 aromatic heterocycles. The molecule has 0 aliphatic carbocycles. The minimum Gasteiger partial charge on any atom is -0.447 e. The number of hydrogen-bond donors (Lipinski definition) is 1. The molecular formula is C9H17NO4. The molecule has 1 N–H and O–H groups in total. The van der Waals surface area contributed by atoms with Gasteiger partial charge in [-0.05, 0) is 6.42 Å². The molecule has 1 unspecified atom stereocenters. The number of ether oxygens (including phenoxy) is 2. The number of morpholine rings is 1. The zero-order chi connectivity index (χ0) is 10.4. The number of aliphatic hydroxyl groups is 1. The number of carbonyl (C=O) groups excluding carboxylic acids is 1. The van der Waals surface area contributed by atoms with Crippen LogP contribution in [0.1, 0.15) is 13.3 Å². The van der Waals surface area contributed by atoms with Gasteiger partial charge in [-0.15, -0.1) is 0 Å². The fourth-order valence-electron chi connectivity index (χ4n) is 1.45. The van der Waals surface area contributed by atoms with Crippen LogP contribution in [0.25, 0.3) is 0 Å². The Kier molecular flexibility index (Phi) is 4.69. The van der Waals surface area contributed by atoms with Crippen LogP contribution in [0.3, 0.4) is 0 Å². The Morgan fingerprint density at radius 3 is 3.14 bits per heavy atom. The Labute approximate surface area is 83.6 Å². The summed E-state index contributed by atoms with van der Waals surface area (Å²) in [4.78, 5) is 13.1. The van der Waals surface area contributed by atoms with Crippen LogP contribution in [0.4, 0.5) is 4.79 Å². The molecule has 1 heterocycles. The molecule has 1 saturated heterocycles. The molecule has 5 heteroatoms. The average Bonchev–Trinajstić information content (AvgIpc) is 2.25. The van der Waals surface area contributed by atoms with Crippen LogP contribution in [-0.4, -0.2) is 55.1 Å². The van der Waals surface area contributed by atoms with Gasteiger partial charge >= 0.3 is 6.09 Å². The number of carbonyl (C=O) groups is 1. The molecule has 1 aliphatic heterocycles. The summed E-state index contributed by atoms with van der Waals surface area (Å²) in [5, 5.41) is 8.52. The molecule has 0 spiro atoms. The largest absolute Gasteiger partial charge is 0.447 e. The smallest absolute Gasteiger partial charge is 0.410 e. The summed E-state index contributed by atoms with van der Waals surface area (Å²) < 4.78 is 10.1. The SMILES string of the molecule is CCC1COCCN1C(=O)OCCO. The predicted octanol–water partition coefficient (Wildman–Crippen LogP) is 0.226. The molecule has 1 fully saturated rings. The molecule has 0 bridgehead atoms. The maximum absolute atomic E-state index is 11.5. The molecule has 0 aromatic rings. The van der Waals surface area contributed by atoms with Crippen molar-refractivity contribution in [2.24, 2.45) is 0 Å². The average molecular weight is 203 g/mol. The highest BCUT2D eigenvalue weighted by Gasteiger charge is 2.26. The molecular weight excluding hydrogens is 186 g/mol. The van der Waals surface area contributed by atoms with Crippen LogP contribution in [0.5, 0.6) is 0 Å². The standard InChI is InChI=1S/C9H17NO4/c1-2-8-7-13-5-3-10(8)9(12)14-6-4-11/h8,11H,2-7H2,1H3. The Morgan fingerprint density at radius 2 is 2.50 bits per heavy atom. The van der Waals surface area contributed by atoms with E-state index >= 15 is 0 Å². The molecule has 1 atom stereocenters. The van der Waals surface area contributed by atoms with Crippen molar-refractivity contribution >= 4 is 6.09 Å². The first kappa shape index (κ1) is 11.3. The van der Waals surface area contributed by atoms with Crippen molar-refractivity contribution in [3.8, 4) is 0 Å². The second-order valence-electron chi connectivity index (χ2n) is 3.17. The highest BCUT2D eigenvalue weighted by molar-refractivity contribution is 5.68. The monoisotopic (exact) mass is 203 g/mol. The summed E-state index contributed by atoms with van der Waals surface area (Å²) in [6.45, 7) is 3.64. The van der Waals surface area contributed by atoms with E-state index < -0.39 is 0 Å². The number of rotatable bonds is 3. The second kappa shape index (κ2) is 5.82. The summed E-state index contributed by atoms with van der Waals surface area (Å²) in [5.74, 6) is 0. The molecule has 14 heavy (non-hydrogen) atoms. The first-order valence-electron chi connectivity index (χ1n) is 4.91. The van der Waals surface area contributed by atoms with Crippen molar-refractivity contribution in [3.05, 3.63) is 0 Å². The fourth-order valence-corrected chi connectivity index (χ4v) is 1.45. The molecule has 1 amide bonds. The molecule has 0 aromatic carbocycles. The lowest BCUT2D eigenvalue weighted by atomic mass is 10.2. The van der Waals surface area contributed by atoms with Gasteiger partial charge in [0.05, 0.1) is 25.9 Å². The van der Waals surface area contributed by atoms with E-state index in [0.29, 0.717) is 19.8 Å². The second-order valence-corrected chi connectivity index (χ2v) is 3.17. The number of hydrogen-bond acceptors (Lipinski definition) is 4. The summed E-state index contributed by atoms with van der Waals surface area (Å²) in [5.41, 5.74) is 0. The van der Waals surface area contributed by atoms with Crippen molar-refractivity contribution in [2.75, 3.05) is 33.0 Å². The van der Waals surface area contributed by atoms with E-state index in [1.165, 1.54) is 0 Å². The predicted molar refractivity (Wildman–Crippen MR) is 50.0 cm³/mol. The van der Waals surface area contributed by atoms with Crippen molar-refractivity contribution < 1.29 is 19.4 Å². The van der Waals surface area contributed by atoms with Crippen molar-refractivity contribution in [1.82, 2.24) is 4.90 Å². The fraction of sp³-hybridized carbons (Fsp3) is 0.889. The zero-order valence-corrected chi connectivity index (χ0v) is 8.44. The lowest BCUT2D eigenvalue weighted by Gasteiger charge is -2.34. The highest BCUT2D eigenvalue weighted by Crippen LogP contribution is 2.11. The van der Waals surface area contributed by atoms with Crippen molar-refractivity contribution in [3.63, 3.8) is 0 Å². The lowest BCUT2D eigenvalue weighted by molar-refractivity contribution is -0.0124. The molecule has 0 radical (unpaired) electrons. The van der Waals surface area contributed by atoms with Crippen LogP contribution < -0.4 is 0 Å². The van der Waals surface area contributed by atoms with Crippen LogP contribution in [0, 0.1) is 0 Å². The molecule has 5 nitrogen and oxygen atoms in total. The van der Waals surface area contributed by atoms with Gasteiger partial charge in [-0.1, -0.05) is 6.92 Å². The van der Waals surface area contributed by atoms with Gasteiger partial charge in [-0.2, -0.15) is 0 Å². The Balaban J connectivity index is 2.41. The number of amides is 1. The number of nitrogens with zero attached hydrogens (tertiary/aromatic N) is 1. The Hall–Kier alpha value is -0.810. The van der Waals surface area contributed by atoms with Gasteiger partial charge in [0.2, 0.25) is 0 Å². The third kappa shape index (κ3) is 2.85. The normalized spacial score (nSPS) is 22.1. The van der Waals surface area contributed by atoms with E-state index in [2.05, 4.69) is 0 Å². The van der Waals surface area contributed by atoms with Crippen LogP contribution in [0.15, 0.2) is 0 Å². The van der Waals surface area contributed by atoms with Gasteiger partial charge in [-0.3, -0.25) is 0 Å². The van der Waals surface area contributed by atoms with Gasteiger partial charge in [-0.25, -0.2) is 4.79 Å². The van der Waals surface area contributed by atoms with E-state index in [-0.39, 0.29) is 25.3 Å². The lowest BCUT2D eigenvalue weighted by Crippen LogP contribution is -2.48. The van der Waals surface area contributed by atoms with E-state index in [1.54, 1.807) is 4.90 Å². The van der Waals surface area contributed by atoms with E-state index in [0.717, 1.165) is 6.42 Å². The van der Waals surface area contributed by atoms with Crippen LogP contribution >= 0.6 is 0 Å². The highest BCUT2D eigenvalue weighted by atomic mass is 16.6. The van der Waals surface area contributed by atoms with Crippen LogP contribution in [-0.2, 0) is 9.47 Å². The molecule has 1 rings (SSSR count). The minimum atomic E-state index is -0.353. The first-order valence-corrected chi connectivity index (χ1v) is 4.91.